The van der Waals surface area contributed by atoms with Crippen molar-refractivity contribution in [2.75, 3.05) is 35.2 Å². The number of hydrogen-bond acceptors (Lipinski definition) is 7. The summed E-state index contributed by atoms with van der Waals surface area (Å²) in [4.78, 5) is 28.5. The number of nitrogens with zero attached hydrogens (tertiary/aromatic N) is 4. The maximum Gasteiger partial charge on any atom is 0.323 e. The van der Waals surface area contributed by atoms with Crippen LogP contribution in [-0.4, -0.2) is 52.9 Å². The van der Waals surface area contributed by atoms with E-state index in [1.165, 1.54) is 0 Å². The number of morpholine rings is 1. The number of anilines is 3. The Kier molecular flexibility index (Phi) is 5.56. The van der Waals surface area contributed by atoms with Crippen LogP contribution < -0.4 is 15.5 Å². The molecule has 2 amide bonds. The molecule has 0 saturated carbocycles. The van der Waals surface area contributed by atoms with E-state index in [-0.39, 0.29) is 18.2 Å². The van der Waals surface area contributed by atoms with Crippen LogP contribution in [0.1, 0.15) is 24.1 Å². The molecule has 0 radical (unpaired) electrons. The molecule has 9 nitrogen and oxygen atoms in total. The topological polar surface area (TPSA) is 102 Å². The lowest BCUT2D eigenvalue weighted by Crippen LogP contribution is -2.44. The Labute approximate surface area is 197 Å². The molecule has 2 atom stereocenters. The van der Waals surface area contributed by atoms with E-state index >= 15 is 0 Å². The summed E-state index contributed by atoms with van der Waals surface area (Å²) in [6.07, 6.45) is 6.82. The molecule has 5 heterocycles. The number of fused-ring (bicyclic) bond motifs is 3. The van der Waals surface area contributed by atoms with Crippen LogP contribution in [0.15, 0.2) is 48.8 Å². The molecule has 2 fully saturated rings. The van der Waals surface area contributed by atoms with E-state index in [4.69, 9.17) is 19.4 Å². The number of nitrogens with one attached hydrogen (secondary N) is 2. The fourth-order valence-electron chi connectivity index (χ4n) is 4.82. The Morgan fingerprint density at radius 3 is 2.38 bits per heavy atom. The van der Waals surface area contributed by atoms with Crippen LogP contribution in [0.3, 0.4) is 0 Å². The Bertz CT molecular complexity index is 1180. The maximum absolute atomic E-state index is 12.3. The van der Waals surface area contributed by atoms with Gasteiger partial charge in [-0.15, -0.1) is 0 Å². The minimum Gasteiger partial charge on any atom is -0.376 e. The van der Waals surface area contributed by atoms with Gasteiger partial charge in [0, 0.05) is 54.4 Å². The van der Waals surface area contributed by atoms with Crippen LogP contribution in [0, 0.1) is 0 Å². The first-order chi connectivity index (χ1) is 16.7. The predicted octanol–water partition coefficient (Wildman–Crippen LogP) is 3.62. The molecule has 2 unspecified atom stereocenters. The van der Waals surface area contributed by atoms with Crippen LogP contribution in [0.4, 0.5) is 22.0 Å². The van der Waals surface area contributed by atoms with Crippen molar-refractivity contribution in [3.63, 3.8) is 0 Å². The number of carbonyl (C=O) groups is 1. The number of benzene rings is 1. The fraction of sp³-hybridized carbons (Fsp3) is 0.360. The highest BCUT2D eigenvalue weighted by Gasteiger charge is 2.36. The summed E-state index contributed by atoms with van der Waals surface area (Å²) in [5.41, 5.74) is 4.43. The lowest BCUT2D eigenvalue weighted by molar-refractivity contribution is 0.0298. The van der Waals surface area contributed by atoms with Gasteiger partial charge in [0.15, 0.2) is 5.82 Å². The van der Waals surface area contributed by atoms with E-state index in [9.17, 15) is 4.79 Å². The summed E-state index contributed by atoms with van der Waals surface area (Å²) in [7, 11) is 0. The second-order valence-corrected chi connectivity index (χ2v) is 8.85. The van der Waals surface area contributed by atoms with Crippen LogP contribution in [0.25, 0.3) is 11.4 Å². The largest absolute Gasteiger partial charge is 0.376 e. The molecule has 3 aliphatic rings. The van der Waals surface area contributed by atoms with Gasteiger partial charge >= 0.3 is 6.03 Å². The molecule has 2 aromatic heterocycles. The Balaban J connectivity index is 1.23. The molecule has 2 N–H and O–H groups in total. The van der Waals surface area contributed by atoms with E-state index in [0.717, 1.165) is 55.0 Å². The first kappa shape index (κ1) is 21.0. The average Bonchev–Trinajstić information content (AvgIpc) is 3.21. The van der Waals surface area contributed by atoms with Gasteiger partial charge in [0.2, 0.25) is 0 Å². The van der Waals surface area contributed by atoms with Crippen molar-refractivity contribution >= 4 is 23.2 Å². The number of aromatic nitrogens is 3. The van der Waals surface area contributed by atoms with E-state index in [1.54, 1.807) is 24.5 Å². The van der Waals surface area contributed by atoms with Gasteiger partial charge in [-0.1, -0.05) is 0 Å². The summed E-state index contributed by atoms with van der Waals surface area (Å²) in [5, 5.41) is 5.63. The monoisotopic (exact) mass is 458 g/mol. The smallest absolute Gasteiger partial charge is 0.323 e. The minimum absolute atomic E-state index is 0.279. The molecule has 34 heavy (non-hydrogen) atoms. The molecule has 6 rings (SSSR count). The summed E-state index contributed by atoms with van der Waals surface area (Å²) >= 11 is 0. The fourth-order valence-corrected chi connectivity index (χ4v) is 4.82. The molecule has 0 aliphatic carbocycles. The van der Waals surface area contributed by atoms with Crippen LogP contribution in [-0.2, 0) is 22.5 Å². The number of ether oxygens (including phenoxy) is 2. The molecule has 3 aromatic rings. The minimum atomic E-state index is -0.312. The van der Waals surface area contributed by atoms with E-state index in [2.05, 4.69) is 20.5 Å². The summed E-state index contributed by atoms with van der Waals surface area (Å²) < 4.78 is 11.8. The highest BCUT2D eigenvalue weighted by molar-refractivity contribution is 5.99. The Morgan fingerprint density at radius 2 is 1.65 bits per heavy atom. The lowest BCUT2D eigenvalue weighted by atomic mass is 10.1. The van der Waals surface area contributed by atoms with Crippen molar-refractivity contribution in [2.45, 2.75) is 38.1 Å². The molecule has 2 saturated heterocycles. The van der Waals surface area contributed by atoms with E-state index in [1.807, 2.05) is 24.3 Å². The van der Waals surface area contributed by atoms with Gasteiger partial charge in [-0.2, -0.15) is 0 Å². The molecular formula is C25H26N6O3. The third-order valence-electron chi connectivity index (χ3n) is 6.48. The summed E-state index contributed by atoms with van der Waals surface area (Å²) in [5.74, 6) is 1.67. The number of rotatable bonds is 4. The standard InChI is InChI=1S/C25H26N6O3/c32-25(28-18-7-10-26-11-8-18)27-17-3-1-16(2-4-17)23-29-22-9-12-33-15-21(22)24(30-23)31-13-19-5-6-20(14-31)34-19/h1-4,7-8,10-11,19-20H,5-6,9,12-15H2,(H2,26,27,28,32). The van der Waals surface area contributed by atoms with Crippen LogP contribution in [0.2, 0.25) is 0 Å². The number of carbonyl (C=O) groups excluding carboxylic acids is 1. The van der Waals surface area contributed by atoms with Crippen molar-refractivity contribution in [1.82, 2.24) is 15.0 Å². The summed E-state index contributed by atoms with van der Waals surface area (Å²) in [6.45, 7) is 2.93. The number of hydrogen-bond donors (Lipinski definition) is 2. The van der Waals surface area contributed by atoms with Crippen molar-refractivity contribution in [2.24, 2.45) is 0 Å². The maximum atomic E-state index is 12.3. The Hall–Kier alpha value is -3.56. The Morgan fingerprint density at radius 1 is 0.941 bits per heavy atom. The third-order valence-corrected chi connectivity index (χ3v) is 6.48. The first-order valence-corrected chi connectivity index (χ1v) is 11.7. The predicted molar refractivity (Wildman–Crippen MR) is 128 cm³/mol. The van der Waals surface area contributed by atoms with Gasteiger partial charge in [0.25, 0.3) is 0 Å². The highest BCUT2D eigenvalue weighted by atomic mass is 16.5. The van der Waals surface area contributed by atoms with Crippen molar-refractivity contribution in [1.29, 1.82) is 0 Å². The zero-order chi connectivity index (χ0) is 22.9. The normalized spacial score (nSPS) is 21.1. The quantitative estimate of drug-likeness (QED) is 0.616. The molecule has 0 spiro atoms. The van der Waals surface area contributed by atoms with E-state index < -0.39 is 0 Å². The van der Waals surface area contributed by atoms with Gasteiger partial charge < -0.3 is 25.0 Å². The van der Waals surface area contributed by atoms with E-state index in [0.29, 0.717) is 30.4 Å². The first-order valence-electron chi connectivity index (χ1n) is 11.7. The molecule has 9 heteroatoms. The van der Waals surface area contributed by atoms with Crippen molar-refractivity contribution in [3.8, 4) is 11.4 Å². The number of urea groups is 1. The van der Waals surface area contributed by atoms with Gasteiger partial charge in [0.05, 0.1) is 31.1 Å². The van der Waals surface area contributed by atoms with Gasteiger partial charge in [0.1, 0.15) is 5.82 Å². The molecular weight excluding hydrogens is 432 g/mol. The van der Waals surface area contributed by atoms with Gasteiger partial charge in [-0.25, -0.2) is 14.8 Å². The van der Waals surface area contributed by atoms with Gasteiger partial charge in [-0.3, -0.25) is 4.98 Å². The lowest BCUT2D eigenvalue weighted by Gasteiger charge is -2.35. The van der Waals surface area contributed by atoms with Crippen molar-refractivity contribution < 1.29 is 14.3 Å². The van der Waals surface area contributed by atoms with Crippen molar-refractivity contribution in [3.05, 3.63) is 60.0 Å². The number of amides is 2. The third kappa shape index (κ3) is 4.32. The average molecular weight is 459 g/mol. The highest BCUT2D eigenvalue weighted by Crippen LogP contribution is 2.34. The van der Waals surface area contributed by atoms with Crippen LogP contribution >= 0.6 is 0 Å². The second kappa shape index (κ2) is 9.00. The zero-order valence-electron chi connectivity index (χ0n) is 18.7. The van der Waals surface area contributed by atoms with Crippen LogP contribution in [0.5, 0.6) is 0 Å². The SMILES string of the molecule is O=C(Nc1ccncc1)Nc1ccc(-c2nc3c(c(N4CC5CCC(C4)O5)n2)COCC3)cc1. The van der Waals surface area contributed by atoms with Gasteiger partial charge in [-0.05, 0) is 49.2 Å². The molecule has 1 aromatic carbocycles. The second-order valence-electron chi connectivity index (χ2n) is 8.85. The molecule has 174 valence electrons. The number of pyridine rings is 1. The molecule has 2 bridgehead atoms. The zero-order valence-corrected chi connectivity index (χ0v) is 18.7. The summed E-state index contributed by atoms with van der Waals surface area (Å²) in [6, 6.07) is 10.8. The molecule has 3 aliphatic heterocycles.